The zero-order valence-electron chi connectivity index (χ0n) is 10.1. The number of nitrogens with one attached hydrogen (secondary N) is 2. The van der Waals surface area contributed by atoms with E-state index in [-0.39, 0.29) is 26.0 Å². The van der Waals surface area contributed by atoms with E-state index in [0.29, 0.717) is 0 Å². The van der Waals surface area contributed by atoms with Gasteiger partial charge in [0.25, 0.3) is 0 Å². The summed E-state index contributed by atoms with van der Waals surface area (Å²) < 4.78 is 4.65. The van der Waals surface area contributed by atoms with Crippen LogP contribution in [0.2, 0.25) is 0 Å². The highest BCUT2D eigenvalue weighted by Crippen LogP contribution is 1.91. The maximum absolute atomic E-state index is 11.3. The van der Waals surface area contributed by atoms with Crippen LogP contribution in [-0.2, 0) is 14.3 Å². The van der Waals surface area contributed by atoms with Gasteiger partial charge in [-0.25, -0.2) is 9.59 Å². The summed E-state index contributed by atoms with van der Waals surface area (Å²) in [6, 6.07) is -1.83. The molecular weight excluding hydrogens is 240 g/mol. The number of terminal acetylenes is 1. The average Bonchev–Trinajstić information content (AvgIpc) is 2.28. The van der Waals surface area contributed by atoms with E-state index in [2.05, 4.69) is 21.3 Å². The van der Waals surface area contributed by atoms with E-state index in [1.807, 2.05) is 0 Å². The Bertz CT molecular complexity index is 348. The number of amides is 2. The van der Waals surface area contributed by atoms with Crippen LogP contribution < -0.4 is 10.6 Å². The topological polar surface area (TPSA) is 105 Å². The summed E-state index contributed by atoms with van der Waals surface area (Å²) in [5.41, 5.74) is 0. The lowest BCUT2D eigenvalue weighted by Gasteiger charge is -2.12. The van der Waals surface area contributed by atoms with Crippen LogP contribution in [0.1, 0.15) is 19.8 Å². The zero-order chi connectivity index (χ0) is 14.0. The molecule has 1 unspecified atom stereocenters. The van der Waals surface area contributed by atoms with Gasteiger partial charge in [0.2, 0.25) is 0 Å². The molecule has 0 aliphatic heterocycles. The van der Waals surface area contributed by atoms with Crippen LogP contribution in [0.25, 0.3) is 0 Å². The monoisotopic (exact) mass is 256 g/mol. The number of carboxylic acid groups (broad SMARTS) is 1. The number of rotatable bonds is 7. The van der Waals surface area contributed by atoms with Crippen molar-refractivity contribution < 1.29 is 24.2 Å². The van der Waals surface area contributed by atoms with Crippen LogP contribution >= 0.6 is 0 Å². The molecule has 0 saturated heterocycles. The molecule has 0 rings (SSSR count). The molecule has 0 aromatic rings. The molecule has 0 spiro atoms. The summed E-state index contributed by atoms with van der Waals surface area (Å²) in [4.78, 5) is 32.9. The first-order valence-corrected chi connectivity index (χ1v) is 5.37. The predicted octanol–water partition coefficient (Wildman–Crippen LogP) is -0.285. The van der Waals surface area contributed by atoms with Crippen molar-refractivity contribution in [3.8, 4) is 12.3 Å². The Balaban J connectivity index is 3.92. The summed E-state index contributed by atoms with van der Waals surface area (Å²) >= 11 is 0. The van der Waals surface area contributed by atoms with E-state index < -0.39 is 24.0 Å². The summed E-state index contributed by atoms with van der Waals surface area (Å²) in [5, 5.41) is 13.2. The minimum Gasteiger partial charge on any atom is -0.480 e. The largest absolute Gasteiger partial charge is 0.480 e. The van der Waals surface area contributed by atoms with E-state index in [0.717, 1.165) is 0 Å². The smallest absolute Gasteiger partial charge is 0.327 e. The highest BCUT2D eigenvalue weighted by molar-refractivity contribution is 5.83. The first-order valence-electron chi connectivity index (χ1n) is 5.37. The van der Waals surface area contributed by atoms with Crippen LogP contribution in [0.4, 0.5) is 4.79 Å². The van der Waals surface area contributed by atoms with Gasteiger partial charge in [0, 0.05) is 13.0 Å². The first-order chi connectivity index (χ1) is 8.51. The third-order valence-corrected chi connectivity index (χ3v) is 1.85. The molecule has 0 bridgehead atoms. The molecule has 100 valence electrons. The minimum absolute atomic E-state index is 0.0220. The van der Waals surface area contributed by atoms with Crippen LogP contribution in [0.5, 0.6) is 0 Å². The van der Waals surface area contributed by atoms with Crippen molar-refractivity contribution in [3.63, 3.8) is 0 Å². The fourth-order valence-electron chi connectivity index (χ4n) is 1.04. The number of carbonyl (C=O) groups excluding carboxylic acids is 2. The number of aliphatic carboxylic acids is 1. The Morgan fingerprint density at radius 3 is 2.61 bits per heavy atom. The molecule has 0 aliphatic carbocycles. The maximum Gasteiger partial charge on any atom is 0.327 e. The van der Waals surface area contributed by atoms with Crippen molar-refractivity contribution in [2.75, 3.05) is 13.2 Å². The Labute approximate surface area is 105 Å². The molecule has 1 atom stereocenters. The predicted molar refractivity (Wildman–Crippen MR) is 62.7 cm³/mol. The van der Waals surface area contributed by atoms with Gasteiger partial charge < -0.3 is 20.5 Å². The summed E-state index contributed by atoms with van der Waals surface area (Å²) in [6.45, 7) is 2.01. The van der Waals surface area contributed by atoms with Gasteiger partial charge in [-0.05, 0) is 6.92 Å². The van der Waals surface area contributed by atoms with Crippen molar-refractivity contribution in [1.29, 1.82) is 0 Å². The molecule has 0 aliphatic rings. The molecule has 7 nitrogen and oxygen atoms in total. The van der Waals surface area contributed by atoms with Crippen LogP contribution in [0.3, 0.4) is 0 Å². The lowest BCUT2D eigenvalue weighted by Crippen LogP contribution is -2.46. The Hall–Kier alpha value is -2.23. The van der Waals surface area contributed by atoms with Crippen molar-refractivity contribution in [2.24, 2.45) is 0 Å². The van der Waals surface area contributed by atoms with Crippen LogP contribution in [0.15, 0.2) is 0 Å². The van der Waals surface area contributed by atoms with E-state index in [9.17, 15) is 14.4 Å². The second-order valence-electron chi connectivity index (χ2n) is 3.25. The van der Waals surface area contributed by atoms with Gasteiger partial charge in [-0.3, -0.25) is 4.79 Å². The number of urea groups is 1. The number of hydrogen-bond donors (Lipinski definition) is 3. The minimum atomic E-state index is -1.21. The molecule has 7 heteroatoms. The lowest BCUT2D eigenvalue weighted by molar-refractivity contribution is -0.143. The summed E-state index contributed by atoms with van der Waals surface area (Å²) in [7, 11) is 0. The fraction of sp³-hybridized carbons (Fsp3) is 0.545. The van der Waals surface area contributed by atoms with Crippen molar-refractivity contribution in [3.05, 3.63) is 0 Å². The van der Waals surface area contributed by atoms with Gasteiger partial charge in [0.15, 0.2) is 0 Å². The van der Waals surface area contributed by atoms with Crippen LogP contribution in [-0.4, -0.2) is 42.3 Å². The Morgan fingerprint density at radius 1 is 1.44 bits per heavy atom. The Morgan fingerprint density at radius 2 is 2.11 bits per heavy atom. The number of ether oxygens (including phenoxy) is 1. The molecule has 0 aromatic heterocycles. The number of carbonyl (C=O) groups is 3. The molecular formula is C11H16N2O5. The second-order valence-corrected chi connectivity index (χ2v) is 3.25. The highest BCUT2D eigenvalue weighted by atomic mass is 16.5. The quantitative estimate of drug-likeness (QED) is 0.429. The van der Waals surface area contributed by atoms with Crippen molar-refractivity contribution in [1.82, 2.24) is 10.6 Å². The summed E-state index contributed by atoms with van der Waals surface area (Å²) in [6.07, 6.45) is 4.88. The molecule has 3 N–H and O–H groups in total. The average molecular weight is 256 g/mol. The van der Waals surface area contributed by atoms with Gasteiger partial charge in [-0.15, -0.1) is 12.3 Å². The molecule has 2 amide bonds. The highest BCUT2D eigenvalue weighted by Gasteiger charge is 2.18. The van der Waals surface area contributed by atoms with Gasteiger partial charge in [0.05, 0.1) is 13.0 Å². The third-order valence-electron chi connectivity index (χ3n) is 1.85. The van der Waals surface area contributed by atoms with E-state index in [4.69, 9.17) is 11.5 Å². The number of esters is 1. The SMILES string of the molecule is C#CCC(NC(=O)NCCC(=O)OCC)C(=O)O. The lowest BCUT2D eigenvalue weighted by atomic mass is 10.2. The second kappa shape index (κ2) is 8.87. The van der Waals surface area contributed by atoms with Crippen LogP contribution in [0, 0.1) is 12.3 Å². The van der Waals surface area contributed by atoms with Gasteiger partial charge in [-0.1, -0.05) is 0 Å². The first kappa shape index (κ1) is 15.8. The molecule has 0 saturated carbocycles. The zero-order valence-corrected chi connectivity index (χ0v) is 10.1. The number of carboxylic acids is 1. The van der Waals surface area contributed by atoms with Gasteiger partial charge in [-0.2, -0.15) is 0 Å². The van der Waals surface area contributed by atoms with E-state index >= 15 is 0 Å². The summed E-state index contributed by atoms with van der Waals surface area (Å²) in [5.74, 6) is 0.500. The number of hydrogen-bond acceptors (Lipinski definition) is 4. The molecule has 18 heavy (non-hydrogen) atoms. The maximum atomic E-state index is 11.3. The Kier molecular flexibility index (Phi) is 7.77. The van der Waals surface area contributed by atoms with Gasteiger partial charge >= 0.3 is 18.0 Å². The standard InChI is InChI=1S/C11H16N2O5/c1-3-5-8(10(15)16)13-11(17)12-7-6-9(14)18-4-2/h1,8H,4-7H2,2H3,(H,15,16)(H2,12,13,17). The van der Waals surface area contributed by atoms with Gasteiger partial charge in [0.1, 0.15) is 6.04 Å². The molecule has 0 radical (unpaired) electrons. The molecule has 0 heterocycles. The molecule has 0 fully saturated rings. The normalized spacial score (nSPS) is 10.9. The molecule has 0 aromatic carbocycles. The fourth-order valence-corrected chi connectivity index (χ4v) is 1.04. The van der Waals surface area contributed by atoms with E-state index in [1.54, 1.807) is 6.92 Å². The third kappa shape index (κ3) is 7.11. The van der Waals surface area contributed by atoms with Crippen molar-refractivity contribution in [2.45, 2.75) is 25.8 Å². The van der Waals surface area contributed by atoms with E-state index in [1.165, 1.54) is 0 Å². The van der Waals surface area contributed by atoms with Crippen molar-refractivity contribution >= 4 is 18.0 Å².